The highest BCUT2D eigenvalue weighted by atomic mass is 16.4. The van der Waals surface area contributed by atoms with Crippen LogP contribution in [0.5, 0.6) is 0 Å². The molecule has 0 spiro atoms. The van der Waals surface area contributed by atoms with Crippen molar-refractivity contribution in [2.45, 2.75) is 33.2 Å². The maximum atomic E-state index is 11.0. The molecule has 0 aliphatic carbocycles. The predicted molar refractivity (Wildman–Crippen MR) is 71.6 cm³/mol. The number of hydrogen-bond acceptors (Lipinski definition) is 2. The topological polar surface area (TPSA) is 40.5 Å². The minimum atomic E-state index is -0.652. The maximum Gasteiger partial charge on any atom is 0.307 e. The van der Waals surface area contributed by atoms with Crippen molar-refractivity contribution in [3.8, 4) is 0 Å². The van der Waals surface area contributed by atoms with Gasteiger partial charge in [0.2, 0.25) is 0 Å². The second kappa shape index (κ2) is 5.53. The van der Waals surface area contributed by atoms with Gasteiger partial charge in [-0.2, -0.15) is 0 Å². The van der Waals surface area contributed by atoms with Gasteiger partial charge in [0.05, 0.1) is 5.92 Å². The van der Waals surface area contributed by atoms with E-state index < -0.39 is 5.97 Å². The lowest BCUT2D eigenvalue weighted by Crippen LogP contribution is -2.38. The zero-order valence-corrected chi connectivity index (χ0v) is 11.1. The van der Waals surface area contributed by atoms with E-state index in [1.54, 1.807) is 0 Å². The summed E-state index contributed by atoms with van der Waals surface area (Å²) in [5.41, 5.74) is 3.95. The van der Waals surface area contributed by atoms with Gasteiger partial charge in [-0.3, -0.25) is 9.69 Å². The Hall–Kier alpha value is -1.35. The average Bonchev–Trinajstić information content (AvgIpc) is 2.35. The summed E-state index contributed by atoms with van der Waals surface area (Å²) in [6.45, 7) is 6.83. The summed E-state index contributed by atoms with van der Waals surface area (Å²) in [6.07, 6.45) is 1.81. The van der Waals surface area contributed by atoms with Gasteiger partial charge in [0.15, 0.2) is 0 Å². The number of hydrogen-bond donors (Lipinski definition) is 1. The number of likely N-dealkylation sites (tertiary alicyclic amines) is 1. The Morgan fingerprint density at radius 3 is 2.94 bits per heavy atom. The number of carbonyl (C=O) groups is 1. The van der Waals surface area contributed by atoms with E-state index in [0.29, 0.717) is 6.54 Å². The van der Waals surface area contributed by atoms with Crippen LogP contribution < -0.4 is 0 Å². The number of nitrogens with zero attached hydrogens (tertiary/aromatic N) is 1. The lowest BCUT2D eigenvalue weighted by Gasteiger charge is -2.31. The maximum absolute atomic E-state index is 11.0. The van der Waals surface area contributed by atoms with Crippen LogP contribution >= 0.6 is 0 Å². The molecule has 1 aromatic rings. The molecular weight excluding hydrogens is 226 g/mol. The largest absolute Gasteiger partial charge is 0.481 e. The summed E-state index contributed by atoms with van der Waals surface area (Å²) in [5.74, 6) is -0.843. The molecule has 1 N–H and O–H groups in total. The SMILES string of the molecule is Cc1cccc(CN2CCCC(C(=O)O)C2)c1C. The molecule has 18 heavy (non-hydrogen) atoms. The Bertz CT molecular complexity index is 442. The fourth-order valence-corrected chi connectivity index (χ4v) is 2.62. The van der Waals surface area contributed by atoms with E-state index in [2.05, 4.69) is 36.9 Å². The summed E-state index contributed by atoms with van der Waals surface area (Å²) in [7, 11) is 0. The van der Waals surface area contributed by atoms with Crippen LogP contribution in [0.3, 0.4) is 0 Å². The first-order chi connectivity index (χ1) is 8.58. The molecule has 1 aromatic carbocycles. The minimum absolute atomic E-state index is 0.191. The molecule has 0 bridgehead atoms. The Morgan fingerprint density at radius 2 is 2.22 bits per heavy atom. The molecule has 0 amide bonds. The van der Waals surface area contributed by atoms with Crippen molar-refractivity contribution in [2.75, 3.05) is 13.1 Å². The van der Waals surface area contributed by atoms with Gasteiger partial charge in [0.1, 0.15) is 0 Å². The standard InChI is InChI=1S/C15H21NO2/c1-11-5-3-6-13(12(11)2)9-16-8-4-7-14(10-16)15(17)18/h3,5-6,14H,4,7-10H2,1-2H3,(H,17,18). The Kier molecular flexibility index (Phi) is 4.02. The van der Waals surface area contributed by atoms with Crippen molar-refractivity contribution in [1.29, 1.82) is 0 Å². The van der Waals surface area contributed by atoms with Crippen molar-refractivity contribution < 1.29 is 9.90 Å². The number of aryl methyl sites for hydroxylation is 1. The van der Waals surface area contributed by atoms with Crippen LogP contribution in [-0.2, 0) is 11.3 Å². The summed E-state index contributed by atoms with van der Waals surface area (Å²) in [6, 6.07) is 6.35. The molecule has 3 heteroatoms. The van der Waals surface area contributed by atoms with Gasteiger partial charge < -0.3 is 5.11 Å². The zero-order chi connectivity index (χ0) is 13.1. The third kappa shape index (κ3) is 2.91. The number of aliphatic carboxylic acids is 1. The number of benzene rings is 1. The molecule has 0 radical (unpaired) electrons. The van der Waals surface area contributed by atoms with E-state index in [4.69, 9.17) is 5.11 Å². The fourth-order valence-electron chi connectivity index (χ4n) is 2.62. The summed E-state index contributed by atoms with van der Waals surface area (Å²) >= 11 is 0. The molecule has 98 valence electrons. The molecule has 1 fully saturated rings. The predicted octanol–water partition coefficient (Wildman–Crippen LogP) is 2.60. The Labute approximate surface area is 108 Å². The van der Waals surface area contributed by atoms with E-state index in [9.17, 15) is 4.79 Å². The molecule has 0 aromatic heterocycles. The number of rotatable bonds is 3. The molecule has 1 aliphatic rings. The van der Waals surface area contributed by atoms with E-state index >= 15 is 0 Å². The van der Waals surface area contributed by atoms with Gasteiger partial charge in [-0.1, -0.05) is 18.2 Å². The van der Waals surface area contributed by atoms with Crippen LogP contribution in [0.2, 0.25) is 0 Å². The van der Waals surface area contributed by atoms with E-state index in [-0.39, 0.29) is 5.92 Å². The third-order valence-electron chi connectivity index (χ3n) is 3.97. The molecule has 1 saturated heterocycles. The quantitative estimate of drug-likeness (QED) is 0.892. The van der Waals surface area contributed by atoms with Gasteiger partial charge in [0.25, 0.3) is 0 Å². The van der Waals surface area contributed by atoms with Gasteiger partial charge in [0, 0.05) is 13.1 Å². The van der Waals surface area contributed by atoms with Crippen molar-refractivity contribution in [3.05, 3.63) is 34.9 Å². The Balaban J connectivity index is 2.05. The van der Waals surface area contributed by atoms with Crippen molar-refractivity contribution in [1.82, 2.24) is 4.90 Å². The van der Waals surface area contributed by atoms with Crippen LogP contribution in [0, 0.1) is 19.8 Å². The highest BCUT2D eigenvalue weighted by Gasteiger charge is 2.25. The van der Waals surface area contributed by atoms with Gasteiger partial charge >= 0.3 is 5.97 Å². The lowest BCUT2D eigenvalue weighted by molar-refractivity contribution is -0.143. The summed E-state index contributed by atoms with van der Waals surface area (Å²) in [4.78, 5) is 13.3. The Morgan fingerprint density at radius 1 is 1.44 bits per heavy atom. The van der Waals surface area contributed by atoms with E-state index in [0.717, 1.165) is 25.9 Å². The van der Waals surface area contributed by atoms with Gasteiger partial charge in [-0.25, -0.2) is 0 Å². The second-order valence-electron chi connectivity index (χ2n) is 5.27. The highest BCUT2D eigenvalue weighted by Crippen LogP contribution is 2.21. The number of carboxylic acids is 1. The first-order valence-corrected chi connectivity index (χ1v) is 6.58. The zero-order valence-electron chi connectivity index (χ0n) is 11.1. The monoisotopic (exact) mass is 247 g/mol. The van der Waals surface area contributed by atoms with Crippen molar-refractivity contribution in [3.63, 3.8) is 0 Å². The van der Waals surface area contributed by atoms with E-state index in [1.165, 1.54) is 16.7 Å². The number of carboxylic acid groups (broad SMARTS) is 1. The van der Waals surface area contributed by atoms with Crippen LogP contribution in [0.1, 0.15) is 29.5 Å². The number of piperidine rings is 1. The fraction of sp³-hybridized carbons (Fsp3) is 0.533. The molecule has 1 atom stereocenters. The average molecular weight is 247 g/mol. The molecular formula is C15H21NO2. The van der Waals surface area contributed by atoms with Crippen LogP contribution in [0.25, 0.3) is 0 Å². The van der Waals surface area contributed by atoms with E-state index in [1.807, 2.05) is 0 Å². The minimum Gasteiger partial charge on any atom is -0.481 e. The lowest BCUT2D eigenvalue weighted by atomic mass is 9.96. The van der Waals surface area contributed by atoms with Crippen LogP contribution in [0.4, 0.5) is 0 Å². The molecule has 1 heterocycles. The van der Waals surface area contributed by atoms with Crippen molar-refractivity contribution in [2.24, 2.45) is 5.92 Å². The highest BCUT2D eigenvalue weighted by molar-refractivity contribution is 5.70. The summed E-state index contributed by atoms with van der Waals surface area (Å²) in [5, 5.41) is 9.09. The summed E-state index contributed by atoms with van der Waals surface area (Å²) < 4.78 is 0. The van der Waals surface area contributed by atoms with Crippen molar-refractivity contribution >= 4 is 5.97 Å². The molecule has 2 rings (SSSR count). The molecule has 1 aliphatic heterocycles. The smallest absolute Gasteiger partial charge is 0.307 e. The van der Waals surface area contributed by atoms with Crippen LogP contribution in [0.15, 0.2) is 18.2 Å². The molecule has 1 unspecified atom stereocenters. The molecule has 0 saturated carbocycles. The first kappa shape index (κ1) is 13.1. The van der Waals surface area contributed by atoms with Gasteiger partial charge in [-0.05, 0) is 49.9 Å². The normalized spacial score (nSPS) is 20.9. The molecule has 3 nitrogen and oxygen atoms in total. The first-order valence-electron chi connectivity index (χ1n) is 6.58. The van der Waals surface area contributed by atoms with Crippen LogP contribution in [-0.4, -0.2) is 29.1 Å². The third-order valence-corrected chi connectivity index (χ3v) is 3.97. The van der Waals surface area contributed by atoms with Gasteiger partial charge in [-0.15, -0.1) is 0 Å². The second-order valence-corrected chi connectivity index (χ2v) is 5.27.